The fourth-order valence-electron chi connectivity index (χ4n) is 2.96. The Bertz CT molecular complexity index is 747. The lowest BCUT2D eigenvalue weighted by molar-refractivity contribution is -0.134. The number of nitrogens with zero attached hydrogens (tertiary/aromatic N) is 2. The van der Waals surface area contributed by atoms with Gasteiger partial charge in [-0.1, -0.05) is 18.2 Å². The largest absolute Gasteiger partial charge is 0.484 e. The SMILES string of the molecule is CC(=O)NCc1csc([C@@H]2CCCN(C(=O)COc3ccccc3)C2)n1. The number of carbonyl (C=O) groups excluding carboxylic acids is 2. The van der Waals surface area contributed by atoms with Crippen LogP contribution in [0.15, 0.2) is 35.7 Å². The number of para-hydroxylation sites is 1. The maximum Gasteiger partial charge on any atom is 0.260 e. The van der Waals surface area contributed by atoms with Gasteiger partial charge in [-0.25, -0.2) is 4.98 Å². The van der Waals surface area contributed by atoms with Gasteiger partial charge in [-0.2, -0.15) is 0 Å². The van der Waals surface area contributed by atoms with Crippen molar-refractivity contribution < 1.29 is 14.3 Å². The molecule has 1 aromatic carbocycles. The van der Waals surface area contributed by atoms with Crippen molar-refractivity contribution in [3.05, 3.63) is 46.4 Å². The average Bonchev–Trinajstić information content (AvgIpc) is 3.14. The van der Waals surface area contributed by atoms with Crippen LogP contribution in [0.3, 0.4) is 0 Å². The van der Waals surface area contributed by atoms with Crippen molar-refractivity contribution in [1.82, 2.24) is 15.2 Å². The highest BCUT2D eigenvalue weighted by atomic mass is 32.1. The van der Waals surface area contributed by atoms with Crippen molar-refractivity contribution in [3.63, 3.8) is 0 Å². The van der Waals surface area contributed by atoms with Crippen LogP contribution in [-0.2, 0) is 16.1 Å². The van der Waals surface area contributed by atoms with Gasteiger partial charge in [0.25, 0.3) is 5.91 Å². The zero-order chi connectivity index (χ0) is 18.4. The van der Waals surface area contributed by atoms with Crippen LogP contribution in [-0.4, -0.2) is 41.4 Å². The fourth-order valence-corrected chi connectivity index (χ4v) is 3.91. The summed E-state index contributed by atoms with van der Waals surface area (Å²) in [6.07, 6.45) is 1.98. The number of rotatable bonds is 6. The van der Waals surface area contributed by atoms with Crippen LogP contribution in [0.5, 0.6) is 5.75 Å². The number of ether oxygens (including phenoxy) is 1. The van der Waals surface area contributed by atoms with Crippen LogP contribution < -0.4 is 10.1 Å². The lowest BCUT2D eigenvalue weighted by atomic mass is 9.98. The van der Waals surface area contributed by atoms with E-state index in [9.17, 15) is 9.59 Å². The van der Waals surface area contributed by atoms with E-state index in [0.717, 1.165) is 30.1 Å². The number of likely N-dealkylation sites (tertiary alicyclic amines) is 1. The number of aromatic nitrogens is 1. The molecule has 0 unspecified atom stereocenters. The molecule has 2 aromatic rings. The van der Waals surface area contributed by atoms with Gasteiger partial charge in [0, 0.05) is 31.3 Å². The molecule has 1 aromatic heterocycles. The van der Waals surface area contributed by atoms with Crippen molar-refractivity contribution in [1.29, 1.82) is 0 Å². The van der Waals surface area contributed by atoms with E-state index in [4.69, 9.17) is 4.74 Å². The van der Waals surface area contributed by atoms with Crippen LogP contribution in [0.1, 0.15) is 36.4 Å². The molecular weight excluding hydrogens is 350 g/mol. The van der Waals surface area contributed by atoms with Gasteiger partial charge in [0.05, 0.1) is 17.2 Å². The number of hydrogen-bond donors (Lipinski definition) is 1. The Kier molecular flexibility index (Phi) is 6.22. The lowest BCUT2D eigenvalue weighted by Crippen LogP contribution is -2.41. The molecule has 1 aliphatic rings. The minimum Gasteiger partial charge on any atom is -0.484 e. The van der Waals surface area contributed by atoms with E-state index >= 15 is 0 Å². The quantitative estimate of drug-likeness (QED) is 0.845. The first kappa shape index (κ1) is 18.4. The Balaban J connectivity index is 1.53. The van der Waals surface area contributed by atoms with Gasteiger partial charge in [0.15, 0.2) is 6.61 Å². The fraction of sp³-hybridized carbons (Fsp3) is 0.421. The molecule has 0 bridgehead atoms. The second-order valence-corrected chi connectivity index (χ2v) is 7.26. The minimum absolute atomic E-state index is 0.00794. The van der Waals surface area contributed by atoms with Crippen molar-refractivity contribution in [3.8, 4) is 5.75 Å². The summed E-state index contributed by atoms with van der Waals surface area (Å²) >= 11 is 1.60. The highest BCUT2D eigenvalue weighted by Crippen LogP contribution is 2.29. The molecule has 7 heteroatoms. The zero-order valence-electron chi connectivity index (χ0n) is 14.8. The predicted molar refractivity (Wildman–Crippen MR) is 100 cm³/mol. The van der Waals surface area contributed by atoms with Crippen molar-refractivity contribution in [2.24, 2.45) is 0 Å². The molecule has 6 nitrogen and oxygen atoms in total. The molecule has 2 amide bonds. The first-order valence-electron chi connectivity index (χ1n) is 8.76. The number of amides is 2. The second kappa shape index (κ2) is 8.80. The third-order valence-electron chi connectivity index (χ3n) is 4.32. The molecule has 1 N–H and O–H groups in total. The average molecular weight is 373 g/mol. The highest BCUT2D eigenvalue weighted by molar-refractivity contribution is 7.09. The lowest BCUT2D eigenvalue weighted by Gasteiger charge is -2.31. The first-order valence-corrected chi connectivity index (χ1v) is 9.64. The van der Waals surface area contributed by atoms with Crippen LogP contribution in [0.4, 0.5) is 0 Å². The van der Waals surface area contributed by atoms with Gasteiger partial charge in [-0.05, 0) is 25.0 Å². The van der Waals surface area contributed by atoms with Gasteiger partial charge >= 0.3 is 0 Å². The van der Waals surface area contributed by atoms with Crippen LogP contribution in [0.2, 0.25) is 0 Å². The van der Waals surface area contributed by atoms with Crippen LogP contribution >= 0.6 is 11.3 Å². The first-order chi connectivity index (χ1) is 12.6. The number of hydrogen-bond acceptors (Lipinski definition) is 5. The number of nitrogens with one attached hydrogen (secondary N) is 1. The molecule has 0 spiro atoms. The summed E-state index contributed by atoms with van der Waals surface area (Å²) in [7, 11) is 0. The van der Waals surface area contributed by atoms with E-state index in [1.807, 2.05) is 40.6 Å². The third-order valence-corrected chi connectivity index (χ3v) is 5.37. The molecule has 1 fully saturated rings. The van der Waals surface area contributed by atoms with E-state index in [-0.39, 0.29) is 24.3 Å². The number of piperidine rings is 1. The minimum atomic E-state index is -0.0626. The molecule has 0 saturated carbocycles. The third kappa shape index (κ3) is 5.05. The summed E-state index contributed by atoms with van der Waals surface area (Å²) in [6, 6.07) is 9.38. The Morgan fingerprint density at radius 3 is 2.92 bits per heavy atom. The molecule has 1 atom stereocenters. The molecule has 1 aliphatic heterocycles. The Morgan fingerprint density at radius 1 is 1.35 bits per heavy atom. The highest BCUT2D eigenvalue weighted by Gasteiger charge is 2.26. The topological polar surface area (TPSA) is 71.5 Å². The summed E-state index contributed by atoms with van der Waals surface area (Å²) in [5, 5.41) is 5.77. The van der Waals surface area contributed by atoms with E-state index in [2.05, 4.69) is 10.3 Å². The molecule has 0 aliphatic carbocycles. The molecule has 138 valence electrons. The summed E-state index contributed by atoms with van der Waals surface area (Å²) in [6.45, 7) is 3.44. The van der Waals surface area contributed by atoms with Crippen LogP contribution in [0, 0.1) is 0 Å². The van der Waals surface area contributed by atoms with Gasteiger partial charge < -0.3 is 15.0 Å². The van der Waals surface area contributed by atoms with E-state index in [1.54, 1.807) is 11.3 Å². The molecule has 1 saturated heterocycles. The monoisotopic (exact) mass is 373 g/mol. The molecule has 26 heavy (non-hydrogen) atoms. The molecule has 2 heterocycles. The molecule has 0 radical (unpaired) electrons. The maximum atomic E-state index is 12.5. The molecular formula is C19H23N3O3S. The summed E-state index contributed by atoms with van der Waals surface area (Å²) in [4.78, 5) is 30.0. The van der Waals surface area contributed by atoms with Gasteiger partial charge in [-0.3, -0.25) is 9.59 Å². The Morgan fingerprint density at radius 2 is 2.15 bits per heavy atom. The smallest absolute Gasteiger partial charge is 0.260 e. The number of thiazole rings is 1. The summed E-state index contributed by atoms with van der Waals surface area (Å²) in [5.41, 5.74) is 0.871. The Labute approximate surface area is 157 Å². The van der Waals surface area contributed by atoms with E-state index in [1.165, 1.54) is 6.92 Å². The Hall–Kier alpha value is -2.41. The van der Waals surface area contributed by atoms with Crippen molar-refractivity contribution >= 4 is 23.2 Å². The standard InChI is InChI=1S/C19H23N3O3S/c1-14(23)20-10-16-13-26-19(21-16)15-6-5-9-22(11-15)18(24)12-25-17-7-3-2-4-8-17/h2-4,7-8,13,15H,5-6,9-12H2,1H3,(H,20,23)/t15-/m1/s1. The summed E-state index contributed by atoms with van der Waals surface area (Å²) < 4.78 is 5.58. The number of benzene rings is 1. The van der Waals surface area contributed by atoms with Crippen LogP contribution in [0.25, 0.3) is 0 Å². The maximum absolute atomic E-state index is 12.5. The van der Waals surface area contributed by atoms with Gasteiger partial charge in [-0.15, -0.1) is 11.3 Å². The van der Waals surface area contributed by atoms with Crippen molar-refractivity contribution in [2.45, 2.75) is 32.2 Å². The normalized spacial score (nSPS) is 17.0. The van der Waals surface area contributed by atoms with E-state index < -0.39 is 0 Å². The molecule has 3 rings (SSSR count). The van der Waals surface area contributed by atoms with E-state index in [0.29, 0.717) is 18.8 Å². The summed E-state index contributed by atoms with van der Waals surface area (Å²) in [5.74, 6) is 0.901. The van der Waals surface area contributed by atoms with Crippen molar-refractivity contribution in [2.75, 3.05) is 19.7 Å². The zero-order valence-corrected chi connectivity index (χ0v) is 15.6. The predicted octanol–water partition coefficient (Wildman–Crippen LogP) is 2.56. The second-order valence-electron chi connectivity index (χ2n) is 6.37. The van der Waals surface area contributed by atoms with Gasteiger partial charge in [0.2, 0.25) is 5.91 Å². The van der Waals surface area contributed by atoms with Gasteiger partial charge in [0.1, 0.15) is 5.75 Å². The number of carbonyl (C=O) groups is 2.